The van der Waals surface area contributed by atoms with Crippen LogP contribution in [0, 0.1) is 16.6 Å². The van der Waals surface area contributed by atoms with Gasteiger partial charge in [0.15, 0.2) is 0 Å². The van der Waals surface area contributed by atoms with Crippen LogP contribution < -0.4 is 13.8 Å². The topological polar surface area (TPSA) is 93.1 Å². The number of carboxylic acids is 1. The lowest BCUT2D eigenvalue weighted by atomic mass is 9.78. The highest BCUT2D eigenvalue weighted by Gasteiger charge is 2.62. The summed E-state index contributed by atoms with van der Waals surface area (Å²) >= 11 is 0. The first kappa shape index (κ1) is 30.3. The summed E-state index contributed by atoms with van der Waals surface area (Å²) in [6.07, 6.45) is 2.07. The molecule has 1 N–H and O–H groups in total. The Kier molecular flexibility index (Phi) is 7.18. The predicted molar refractivity (Wildman–Crippen MR) is 158 cm³/mol. The molecule has 0 radical (unpaired) electrons. The molecule has 2 aliphatic carbocycles. The van der Waals surface area contributed by atoms with E-state index >= 15 is 0 Å². The largest absolute Gasteiger partial charge is 0.486 e. The van der Waals surface area contributed by atoms with Crippen LogP contribution >= 0.6 is 0 Å². The van der Waals surface area contributed by atoms with Gasteiger partial charge in [0.05, 0.1) is 22.5 Å². The zero-order chi connectivity index (χ0) is 31.7. The van der Waals surface area contributed by atoms with Gasteiger partial charge >= 0.3 is 12.6 Å². The van der Waals surface area contributed by atoms with Crippen LogP contribution in [-0.4, -0.2) is 38.8 Å². The predicted octanol–water partition coefficient (Wildman–Crippen LogP) is 7.38. The van der Waals surface area contributed by atoms with Crippen molar-refractivity contribution < 1.29 is 41.0 Å². The average Bonchev–Trinajstić information content (AvgIpc) is 3.55. The summed E-state index contributed by atoms with van der Waals surface area (Å²) in [4.78, 5) is 12.3. The van der Waals surface area contributed by atoms with Crippen LogP contribution in [0.1, 0.15) is 58.4 Å². The molecule has 7 nitrogen and oxygen atoms in total. The summed E-state index contributed by atoms with van der Waals surface area (Å²) in [5.74, 6) is -1.70. The average molecular weight is 630 g/mol. The molecule has 1 atom stereocenters. The Balaban J connectivity index is 1.46. The number of hydrogen-bond donors (Lipinski definition) is 1. The second kappa shape index (κ2) is 10.4. The summed E-state index contributed by atoms with van der Waals surface area (Å²) in [5, 5.41) is 9.98. The fraction of sp³-hybridized carbons (Fsp3) is 0.424. The lowest BCUT2D eigenvalue weighted by molar-refractivity contribution is -0.148. The SMILES string of the molecule is CC(C)(C)c1cccc(S(=O)(=O)N2C[C@H](C34CCC(C(=O)O)(CC3)C4)Oc3ccc(-c4cc(F)cc(OC(F)F)c4)cc32)c1. The summed E-state index contributed by atoms with van der Waals surface area (Å²) in [5.41, 5.74) is 0.00392. The molecule has 2 saturated carbocycles. The Hall–Kier alpha value is -3.73. The Morgan fingerprint density at radius 1 is 1.02 bits per heavy atom. The first-order valence-electron chi connectivity index (χ1n) is 14.6. The van der Waals surface area contributed by atoms with E-state index in [1.54, 1.807) is 30.3 Å². The van der Waals surface area contributed by atoms with Gasteiger partial charge in [-0.3, -0.25) is 9.10 Å². The number of carbonyl (C=O) groups is 1. The summed E-state index contributed by atoms with van der Waals surface area (Å²) < 4.78 is 81.3. The molecule has 6 rings (SSSR count). The summed E-state index contributed by atoms with van der Waals surface area (Å²) in [6.45, 7) is 2.78. The highest BCUT2D eigenvalue weighted by Crippen LogP contribution is 2.64. The second-order valence-corrected chi connectivity index (χ2v) is 15.1. The van der Waals surface area contributed by atoms with Crippen LogP contribution in [0.5, 0.6) is 11.5 Å². The molecule has 3 aromatic carbocycles. The fourth-order valence-corrected chi connectivity index (χ4v) is 8.62. The maximum atomic E-state index is 14.5. The van der Waals surface area contributed by atoms with E-state index in [1.807, 2.05) is 26.8 Å². The number of alkyl halides is 2. The maximum absolute atomic E-state index is 14.5. The van der Waals surface area contributed by atoms with Gasteiger partial charge in [-0.05, 0) is 90.6 Å². The monoisotopic (exact) mass is 629 g/mol. The van der Waals surface area contributed by atoms with E-state index in [-0.39, 0.29) is 39.6 Å². The van der Waals surface area contributed by atoms with Crippen LogP contribution in [0.3, 0.4) is 0 Å². The minimum Gasteiger partial charge on any atom is -0.486 e. The minimum absolute atomic E-state index is 0.0445. The minimum atomic E-state index is -4.17. The molecule has 234 valence electrons. The van der Waals surface area contributed by atoms with Crippen LogP contribution in [-0.2, 0) is 20.2 Å². The summed E-state index contributed by atoms with van der Waals surface area (Å²) in [7, 11) is -4.17. The van der Waals surface area contributed by atoms with Gasteiger partial charge in [0, 0.05) is 11.5 Å². The van der Waals surface area contributed by atoms with Crippen molar-refractivity contribution >= 4 is 21.7 Å². The van der Waals surface area contributed by atoms with Gasteiger partial charge < -0.3 is 14.6 Å². The molecule has 3 aromatic rings. The molecule has 3 aliphatic rings. The molecule has 0 aromatic heterocycles. The van der Waals surface area contributed by atoms with Crippen LogP contribution in [0.25, 0.3) is 11.1 Å². The van der Waals surface area contributed by atoms with Crippen LogP contribution in [0.4, 0.5) is 18.9 Å². The third kappa shape index (κ3) is 5.18. The first-order chi connectivity index (χ1) is 20.6. The number of halogens is 3. The molecule has 44 heavy (non-hydrogen) atoms. The normalized spacial score (nSPS) is 24.7. The molecule has 0 amide bonds. The lowest BCUT2D eigenvalue weighted by Crippen LogP contribution is -2.50. The third-order valence-corrected chi connectivity index (χ3v) is 11.4. The number of sulfonamides is 1. The number of aliphatic carboxylic acids is 1. The van der Waals surface area contributed by atoms with E-state index in [4.69, 9.17) is 4.74 Å². The molecular weight excluding hydrogens is 595 g/mol. The molecule has 1 heterocycles. The van der Waals surface area contributed by atoms with Crippen molar-refractivity contribution in [2.45, 2.75) is 75.9 Å². The van der Waals surface area contributed by atoms with Gasteiger partial charge in [-0.15, -0.1) is 0 Å². The Labute approximate surface area is 254 Å². The van der Waals surface area contributed by atoms with Crippen molar-refractivity contribution in [1.82, 2.24) is 0 Å². The van der Waals surface area contributed by atoms with Crippen LogP contribution in [0.2, 0.25) is 0 Å². The number of benzene rings is 3. The second-order valence-electron chi connectivity index (χ2n) is 13.3. The van der Waals surface area contributed by atoms with E-state index in [1.165, 1.54) is 16.4 Å². The zero-order valence-corrected chi connectivity index (χ0v) is 25.5. The van der Waals surface area contributed by atoms with Gasteiger partial charge in [-0.25, -0.2) is 12.8 Å². The van der Waals surface area contributed by atoms with E-state index in [0.717, 1.165) is 17.7 Å². The molecule has 0 unspecified atom stereocenters. The molecule has 1 aliphatic heterocycles. The quantitative estimate of drug-likeness (QED) is 0.293. The highest BCUT2D eigenvalue weighted by molar-refractivity contribution is 7.92. The van der Waals surface area contributed by atoms with Gasteiger partial charge in [0.25, 0.3) is 10.0 Å². The van der Waals surface area contributed by atoms with E-state index in [9.17, 15) is 31.5 Å². The smallest absolute Gasteiger partial charge is 0.387 e. The van der Waals surface area contributed by atoms with E-state index < -0.39 is 45.4 Å². The van der Waals surface area contributed by atoms with Crippen molar-refractivity contribution in [2.75, 3.05) is 10.8 Å². The molecule has 11 heteroatoms. The van der Waals surface area contributed by atoms with E-state index in [0.29, 0.717) is 37.7 Å². The van der Waals surface area contributed by atoms with Gasteiger partial charge in [0.2, 0.25) is 0 Å². The molecule has 2 fully saturated rings. The standard InChI is InChI=1S/C33H34F3NO6S/c1-31(2,3)22-5-4-6-25(16-22)44(40,41)37-18-28(32-9-11-33(19-32,12-10-32)29(38)39)43-27-8-7-20(15-26(27)37)21-13-23(34)17-24(14-21)42-30(35)36/h4-8,13-17,28,30H,9-12,18-19H2,1-3H3,(H,38,39)/t28-,32?,33?/m1/s1. The first-order valence-corrected chi connectivity index (χ1v) is 16.0. The van der Waals surface area contributed by atoms with Gasteiger partial charge in [0.1, 0.15) is 23.4 Å². The number of anilines is 1. The number of carboxylic acid groups (broad SMARTS) is 1. The number of ether oxygens (including phenoxy) is 2. The maximum Gasteiger partial charge on any atom is 0.387 e. The third-order valence-electron chi connectivity index (χ3n) is 9.58. The van der Waals surface area contributed by atoms with Crippen molar-refractivity contribution in [1.29, 1.82) is 0 Å². The van der Waals surface area contributed by atoms with Crippen molar-refractivity contribution in [3.63, 3.8) is 0 Å². The Morgan fingerprint density at radius 2 is 1.75 bits per heavy atom. The highest BCUT2D eigenvalue weighted by atomic mass is 32.2. The van der Waals surface area contributed by atoms with Crippen molar-refractivity contribution in [2.24, 2.45) is 10.8 Å². The zero-order valence-electron chi connectivity index (χ0n) is 24.6. The molecule has 0 spiro atoms. The molecular formula is C33H34F3NO6S. The Bertz CT molecular complexity index is 1730. The number of nitrogens with zero attached hydrogens (tertiary/aromatic N) is 1. The number of fused-ring (bicyclic) bond motifs is 3. The fourth-order valence-electron chi connectivity index (χ4n) is 7.11. The Morgan fingerprint density at radius 3 is 2.39 bits per heavy atom. The number of rotatable bonds is 7. The summed E-state index contributed by atoms with van der Waals surface area (Å²) in [6, 6.07) is 14.8. The molecule has 0 saturated heterocycles. The van der Waals surface area contributed by atoms with E-state index in [2.05, 4.69) is 4.74 Å². The lowest BCUT2D eigenvalue weighted by Gasteiger charge is -2.43. The van der Waals surface area contributed by atoms with Crippen molar-refractivity contribution in [3.05, 3.63) is 72.0 Å². The van der Waals surface area contributed by atoms with Gasteiger partial charge in [-0.2, -0.15) is 8.78 Å². The number of hydrogen-bond acceptors (Lipinski definition) is 5. The van der Waals surface area contributed by atoms with Crippen molar-refractivity contribution in [3.8, 4) is 22.6 Å². The van der Waals surface area contributed by atoms with Gasteiger partial charge in [-0.1, -0.05) is 39.0 Å². The van der Waals surface area contributed by atoms with Crippen LogP contribution in [0.15, 0.2) is 65.6 Å². The molecule has 2 bridgehead atoms.